The summed E-state index contributed by atoms with van der Waals surface area (Å²) in [4.78, 5) is 25.1. The number of amides is 1. The zero-order valence-electron chi connectivity index (χ0n) is 12.1. The normalized spacial score (nSPS) is 20.0. The molecule has 1 aromatic rings. The van der Waals surface area contributed by atoms with Crippen molar-refractivity contribution >= 4 is 23.2 Å². The molecule has 0 bridgehead atoms. The van der Waals surface area contributed by atoms with Gasteiger partial charge in [-0.05, 0) is 44.1 Å². The first-order chi connectivity index (χ1) is 10.1. The van der Waals surface area contributed by atoms with Gasteiger partial charge < -0.3 is 10.4 Å². The lowest BCUT2D eigenvalue weighted by Gasteiger charge is -2.29. The number of thiophene rings is 1. The maximum Gasteiger partial charge on any atom is 0.305 e. The molecule has 2 aliphatic rings. The Bertz CT molecular complexity index is 558. The van der Waals surface area contributed by atoms with Gasteiger partial charge in [0, 0.05) is 10.3 Å². The summed E-state index contributed by atoms with van der Waals surface area (Å²) in [6.07, 6.45) is 7.98. The third-order valence-electron chi connectivity index (χ3n) is 4.73. The van der Waals surface area contributed by atoms with Gasteiger partial charge in [-0.2, -0.15) is 0 Å². The van der Waals surface area contributed by atoms with E-state index in [1.54, 1.807) is 11.3 Å². The van der Waals surface area contributed by atoms with Crippen LogP contribution in [0.15, 0.2) is 5.38 Å². The van der Waals surface area contributed by atoms with Crippen LogP contribution in [0.5, 0.6) is 0 Å². The van der Waals surface area contributed by atoms with E-state index in [9.17, 15) is 9.59 Å². The van der Waals surface area contributed by atoms with Gasteiger partial charge in [0.2, 0.25) is 0 Å². The Hall–Kier alpha value is -1.36. The molecule has 0 aliphatic heterocycles. The third-order valence-corrected chi connectivity index (χ3v) is 5.82. The van der Waals surface area contributed by atoms with Crippen LogP contribution in [0.4, 0.5) is 0 Å². The summed E-state index contributed by atoms with van der Waals surface area (Å²) < 4.78 is 0. The number of carbonyl (C=O) groups is 2. The van der Waals surface area contributed by atoms with E-state index in [0.29, 0.717) is 0 Å². The van der Waals surface area contributed by atoms with Crippen LogP contribution < -0.4 is 5.32 Å². The van der Waals surface area contributed by atoms with Crippen LogP contribution in [0.2, 0.25) is 0 Å². The highest BCUT2D eigenvalue weighted by molar-refractivity contribution is 7.10. The molecule has 2 aliphatic carbocycles. The average Bonchev–Trinajstić information content (AvgIpc) is 3.04. The molecule has 4 nitrogen and oxygen atoms in total. The highest BCUT2D eigenvalue weighted by Gasteiger charge is 2.38. The lowest BCUT2D eigenvalue weighted by atomic mass is 9.91. The number of nitrogens with one attached hydrogen (secondary N) is 1. The zero-order chi connectivity index (χ0) is 14.9. The highest BCUT2D eigenvalue weighted by atomic mass is 32.1. The molecule has 1 heterocycles. The minimum absolute atomic E-state index is 0.0328. The van der Waals surface area contributed by atoms with Gasteiger partial charge in [0.05, 0.1) is 17.5 Å². The molecule has 114 valence electrons. The van der Waals surface area contributed by atoms with Crippen molar-refractivity contribution in [3.8, 4) is 0 Å². The summed E-state index contributed by atoms with van der Waals surface area (Å²) in [7, 11) is 0. The van der Waals surface area contributed by atoms with Crippen LogP contribution in [-0.4, -0.2) is 22.5 Å². The predicted octanol–water partition coefficient (Wildman–Crippen LogP) is 3.14. The number of carboxylic acid groups (broad SMARTS) is 1. The van der Waals surface area contributed by atoms with Gasteiger partial charge in [0.25, 0.3) is 5.91 Å². The molecule has 0 unspecified atom stereocenters. The van der Waals surface area contributed by atoms with Crippen molar-refractivity contribution in [2.75, 3.05) is 0 Å². The van der Waals surface area contributed by atoms with E-state index < -0.39 is 11.5 Å². The van der Waals surface area contributed by atoms with E-state index in [4.69, 9.17) is 5.11 Å². The molecule has 3 rings (SSSR count). The number of hydrogen-bond acceptors (Lipinski definition) is 3. The number of aryl methyl sites for hydroxylation is 1. The monoisotopic (exact) mass is 307 g/mol. The predicted molar refractivity (Wildman–Crippen MR) is 81.9 cm³/mol. The van der Waals surface area contributed by atoms with Gasteiger partial charge >= 0.3 is 5.97 Å². The first kappa shape index (κ1) is 14.6. The van der Waals surface area contributed by atoms with Crippen LogP contribution in [0.1, 0.15) is 65.7 Å². The number of aliphatic carboxylic acids is 1. The fraction of sp³-hybridized carbons (Fsp3) is 0.625. The molecule has 0 atom stereocenters. The minimum Gasteiger partial charge on any atom is -0.481 e. The molecule has 1 amide bonds. The van der Waals surface area contributed by atoms with Crippen molar-refractivity contribution in [2.24, 2.45) is 0 Å². The van der Waals surface area contributed by atoms with Crippen LogP contribution in [0.25, 0.3) is 0 Å². The largest absolute Gasteiger partial charge is 0.481 e. The zero-order valence-corrected chi connectivity index (χ0v) is 12.9. The summed E-state index contributed by atoms with van der Waals surface area (Å²) in [5.74, 6) is -0.901. The van der Waals surface area contributed by atoms with Gasteiger partial charge in [0.1, 0.15) is 0 Å². The summed E-state index contributed by atoms with van der Waals surface area (Å²) in [6, 6.07) is 0. The van der Waals surface area contributed by atoms with Crippen molar-refractivity contribution in [1.82, 2.24) is 5.32 Å². The second kappa shape index (κ2) is 5.79. The molecule has 0 radical (unpaired) electrons. The molecule has 21 heavy (non-hydrogen) atoms. The van der Waals surface area contributed by atoms with Gasteiger partial charge in [-0.3, -0.25) is 9.59 Å². The smallest absolute Gasteiger partial charge is 0.305 e. The Balaban J connectivity index is 1.78. The molecular formula is C16H21NO3S. The second-order valence-electron chi connectivity index (χ2n) is 6.27. The molecule has 1 saturated carbocycles. The standard InChI is InChI=1S/C16H21NO3S/c18-14(19)9-16(7-3-4-8-16)17-15(20)12-10-21-13-6-2-1-5-11(12)13/h10H,1-9H2,(H,17,20)(H,18,19). The lowest BCUT2D eigenvalue weighted by molar-refractivity contribution is -0.138. The summed E-state index contributed by atoms with van der Waals surface area (Å²) in [6.45, 7) is 0. The third kappa shape index (κ3) is 2.98. The van der Waals surface area contributed by atoms with Crippen molar-refractivity contribution in [2.45, 2.75) is 63.3 Å². The Morgan fingerprint density at radius 2 is 1.90 bits per heavy atom. The Kier molecular flexibility index (Phi) is 4.02. The molecule has 5 heteroatoms. The number of carboxylic acids is 1. The topological polar surface area (TPSA) is 66.4 Å². The maximum absolute atomic E-state index is 12.6. The maximum atomic E-state index is 12.6. The van der Waals surface area contributed by atoms with Gasteiger partial charge in [0.15, 0.2) is 0 Å². The second-order valence-corrected chi connectivity index (χ2v) is 7.23. The fourth-order valence-electron chi connectivity index (χ4n) is 3.68. The van der Waals surface area contributed by atoms with Crippen LogP contribution in [0, 0.1) is 0 Å². The number of hydrogen-bond donors (Lipinski definition) is 2. The summed E-state index contributed by atoms with van der Waals surface area (Å²) in [5, 5.41) is 14.1. The number of carbonyl (C=O) groups excluding carboxylic acids is 1. The molecule has 1 fully saturated rings. The van der Waals surface area contributed by atoms with Crippen LogP contribution in [0.3, 0.4) is 0 Å². The molecule has 0 aromatic carbocycles. The van der Waals surface area contributed by atoms with E-state index in [1.807, 2.05) is 5.38 Å². The van der Waals surface area contributed by atoms with Crippen molar-refractivity contribution in [3.63, 3.8) is 0 Å². The van der Waals surface area contributed by atoms with E-state index in [-0.39, 0.29) is 12.3 Å². The minimum atomic E-state index is -0.829. The first-order valence-corrected chi connectivity index (χ1v) is 8.61. The highest BCUT2D eigenvalue weighted by Crippen LogP contribution is 2.35. The van der Waals surface area contributed by atoms with E-state index in [0.717, 1.165) is 50.5 Å². The Morgan fingerprint density at radius 1 is 1.19 bits per heavy atom. The average molecular weight is 307 g/mol. The van der Waals surface area contributed by atoms with Crippen molar-refractivity contribution in [3.05, 3.63) is 21.4 Å². The summed E-state index contributed by atoms with van der Waals surface area (Å²) >= 11 is 1.67. The van der Waals surface area contributed by atoms with Crippen molar-refractivity contribution < 1.29 is 14.7 Å². The Labute approximate surface area is 128 Å². The number of fused-ring (bicyclic) bond motifs is 1. The van der Waals surface area contributed by atoms with Gasteiger partial charge in [-0.15, -0.1) is 11.3 Å². The van der Waals surface area contributed by atoms with E-state index in [2.05, 4.69) is 5.32 Å². The van der Waals surface area contributed by atoms with Gasteiger partial charge in [-0.25, -0.2) is 0 Å². The molecule has 1 aromatic heterocycles. The van der Waals surface area contributed by atoms with E-state index >= 15 is 0 Å². The molecular weight excluding hydrogens is 286 g/mol. The molecule has 2 N–H and O–H groups in total. The number of rotatable bonds is 4. The molecule has 0 spiro atoms. The van der Waals surface area contributed by atoms with Gasteiger partial charge in [-0.1, -0.05) is 12.8 Å². The van der Waals surface area contributed by atoms with Crippen LogP contribution in [-0.2, 0) is 17.6 Å². The van der Waals surface area contributed by atoms with Crippen LogP contribution >= 0.6 is 11.3 Å². The van der Waals surface area contributed by atoms with E-state index in [1.165, 1.54) is 16.9 Å². The first-order valence-electron chi connectivity index (χ1n) is 7.73. The lowest BCUT2D eigenvalue weighted by Crippen LogP contribution is -2.48. The Morgan fingerprint density at radius 3 is 2.62 bits per heavy atom. The molecule has 0 saturated heterocycles. The SMILES string of the molecule is O=C(O)CC1(NC(=O)c2csc3c2CCCC3)CCCC1. The summed E-state index contributed by atoms with van der Waals surface area (Å²) in [5.41, 5.74) is 1.45. The van der Waals surface area contributed by atoms with Crippen molar-refractivity contribution in [1.29, 1.82) is 0 Å². The fourth-order valence-corrected chi connectivity index (χ4v) is 4.81. The quantitative estimate of drug-likeness (QED) is 0.898.